The van der Waals surface area contributed by atoms with E-state index in [1.54, 1.807) is 17.6 Å². The number of aryl methyl sites for hydroxylation is 1. The third kappa shape index (κ3) is 2.44. The molecule has 0 aliphatic carbocycles. The van der Waals surface area contributed by atoms with Crippen LogP contribution in [0.1, 0.15) is 25.6 Å². The Bertz CT molecular complexity index is 466. The van der Waals surface area contributed by atoms with Gasteiger partial charge in [-0.05, 0) is 39.8 Å². The van der Waals surface area contributed by atoms with Crippen LogP contribution in [0.5, 0.6) is 0 Å². The van der Waals surface area contributed by atoms with Gasteiger partial charge in [0, 0.05) is 10.4 Å². The molecule has 1 N–H and O–H groups in total. The van der Waals surface area contributed by atoms with Gasteiger partial charge in [0.2, 0.25) is 0 Å². The van der Waals surface area contributed by atoms with Gasteiger partial charge in [0.15, 0.2) is 10.9 Å². The number of anilines is 1. The van der Waals surface area contributed by atoms with Crippen molar-refractivity contribution in [3.63, 3.8) is 0 Å². The van der Waals surface area contributed by atoms with Crippen molar-refractivity contribution in [1.82, 2.24) is 4.98 Å². The van der Waals surface area contributed by atoms with Gasteiger partial charge in [-0.1, -0.05) is 0 Å². The zero-order chi connectivity index (χ0) is 11.8. The van der Waals surface area contributed by atoms with E-state index in [4.69, 9.17) is 4.42 Å². The summed E-state index contributed by atoms with van der Waals surface area (Å²) in [5.41, 5.74) is 0.965. The molecule has 0 saturated carbocycles. The first-order valence-corrected chi connectivity index (χ1v) is 6.07. The van der Waals surface area contributed by atoms with Crippen LogP contribution in [0.4, 0.5) is 5.13 Å². The maximum Gasteiger partial charge on any atom is 0.183 e. The lowest BCUT2D eigenvalue weighted by atomic mass is 10.1. The quantitative estimate of drug-likeness (QED) is 0.858. The molecule has 0 amide bonds. The van der Waals surface area contributed by atoms with E-state index in [0.717, 1.165) is 16.6 Å². The monoisotopic (exact) mass is 236 g/mol. The minimum Gasteiger partial charge on any atom is -0.463 e. The molecule has 86 valence electrons. The van der Waals surface area contributed by atoms with Gasteiger partial charge in [-0.15, -0.1) is 11.3 Å². The van der Waals surface area contributed by atoms with Crippen LogP contribution < -0.4 is 5.32 Å². The standard InChI is InChI=1S/C12H16N2OS/c1-8-10(9-6-5-7-15-9)13-11(16-8)14-12(2,3)4/h5-7H,1-4H3,(H,13,14). The first-order valence-electron chi connectivity index (χ1n) is 5.25. The average Bonchev–Trinajstić information content (AvgIpc) is 2.71. The molecule has 0 atom stereocenters. The molecule has 0 spiro atoms. The Morgan fingerprint density at radius 1 is 1.38 bits per heavy atom. The van der Waals surface area contributed by atoms with E-state index in [1.807, 2.05) is 12.1 Å². The summed E-state index contributed by atoms with van der Waals surface area (Å²) in [4.78, 5) is 5.72. The van der Waals surface area contributed by atoms with Crippen molar-refractivity contribution in [2.24, 2.45) is 0 Å². The van der Waals surface area contributed by atoms with Crippen molar-refractivity contribution in [1.29, 1.82) is 0 Å². The largest absolute Gasteiger partial charge is 0.463 e. The second-order valence-corrected chi connectivity index (χ2v) is 5.98. The van der Waals surface area contributed by atoms with E-state index in [1.165, 1.54) is 4.88 Å². The molecule has 0 aromatic carbocycles. The fourth-order valence-electron chi connectivity index (χ4n) is 1.41. The number of furan rings is 1. The molecule has 2 heterocycles. The SMILES string of the molecule is Cc1sc(NC(C)(C)C)nc1-c1ccco1. The van der Waals surface area contributed by atoms with Gasteiger partial charge >= 0.3 is 0 Å². The van der Waals surface area contributed by atoms with Gasteiger partial charge in [-0.3, -0.25) is 0 Å². The molecule has 0 bridgehead atoms. The first-order chi connectivity index (χ1) is 7.46. The molecule has 0 saturated heterocycles. The fraction of sp³-hybridized carbons (Fsp3) is 0.417. The zero-order valence-electron chi connectivity index (χ0n) is 10.00. The summed E-state index contributed by atoms with van der Waals surface area (Å²) in [6.07, 6.45) is 1.67. The number of rotatable bonds is 2. The third-order valence-electron chi connectivity index (χ3n) is 2.03. The predicted molar refractivity (Wildman–Crippen MR) is 67.9 cm³/mol. The third-order valence-corrected chi connectivity index (χ3v) is 2.92. The summed E-state index contributed by atoms with van der Waals surface area (Å²) in [5.74, 6) is 0.829. The lowest BCUT2D eigenvalue weighted by Crippen LogP contribution is -2.25. The Morgan fingerprint density at radius 3 is 2.69 bits per heavy atom. The van der Waals surface area contributed by atoms with Crippen molar-refractivity contribution in [3.05, 3.63) is 23.3 Å². The van der Waals surface area contributed by atoms with Crippen molar-refractivity contribution in [2.45, 2.75) is 33.2 Å². The lowest BCUT2D eigenvalue weighted by Gasteiger charge is -2.19. The van der Waals surface area contributed by atoms with Crippen LogP contribution in [0.15, 0.2) is 22.8 Å². The number of nitrogens with zero attached hydrogens (tertiary/aromatic N) is 1. The number of nitrogens with one attached hydrogen (secondary N) is 1. The van der Waals surface area contributed by atoms with E-state index < -0.39 is 0 Å². The molecule has 2 aromatic heterocycles. The van der Waals surface area contributed by atoms with Crippen LogP contribution in [0.3, 0.4) is 0 Å². The molecule has 2 aromatic rings. The molecular weight excluding hydrogens is 220 g/mol. The van der Waals surface area contributed by atoms with Crippen LogP contribution >= 0.6 is 11.3 Å². The van der Waals surface area contributed by atoms with Gasteiger partial charge in [0.25, 0.3) is 0 Å². The summed E-state index contributed by atoms with van der Waals surface area (Å²) in [5, 5.41) is 4.31. The summed E-state index contributed by atoms with van der Waals surface area (Å²) in [6, 6.07) is 3.81. The molecule has 0 aliphatic rings. The van der Waals surface area contributed by atoms with Crippen LogP contribution in [0.2, 0.25) is 0 Å². The van der Waals surface area contributed by atoms with Gasteiger partial charge in [-0.2, -0.15) is 0 Å². The highest BCUT2D eigenvalue weighted by Crippen LogP contribution is 2.31. The van der Waals surface area contributed by atoms with Gasteiger partial charge in [0.05, 0.1) is 6.26 Å². The van der Waals surface area contributed by atoms with Crippen LogP contribution in [-0.2, 0) is 0 Å². The average molecular weight is 236 g/mol. The molecule has 4 heteroatoms. The summed E-state index contributed by atoms with van der Waals surface area (Å²) >= 11 is 1.66. The summed E-state index contributed by atoms with van der Waals surface area (Å²) < 4.78 is 5.36. The second kappa shape index (κ2) is 3.94. The number of aromatic nitrogens is 1. The van der Waals surface area contributed by atoms with Crippen LogP contribution in [-0.4, -0.2) is 10.5 Å². The summed E-state index contributed by atoms with van der Waals surface area (Å²) in [6.45, 7) is 8.42. The normalized spacial score (nSPS) is 11.8. The van der Waals surface area contributed by atoms with E-state index in [0.29, 0.717) is 0 Å². The minimum absolute atomic E-state index is 0.0325. The van der Waals surface area contributed by atoms with Crippen LogP contribution in [0, 0.1) is 6.92 Å². The topological polar surface area (TPSA) is 38.1 Å². The molecule has 0 aliphatic heterocycles. The Hall–Kier alpha value is -1.29. The first kappa shape index (κ1) is 11.2. The van der Waals surface area contributed by atoms with Crippen molar-refractivity contribution in [2.75, 3.05) is 5.32 Å². The Balaban J connectivity index is 2.29. The Labute approximate surface area is 99.5 Å². The smallest absolute Gasteiger partial charge is 0.183 e. The van der Waals surface area contributed by atoms with Gasteiger partial charge in [-0.25, -0.2) is 4.98 Å². The molecule has 0 radical (unpaired) electrons. The Kier molecular flexibility index (Phi) is 2.76. The molecule has 16 heavy (non-hydrogen) atoms. The maximum absolute atomic E-state index is 5.36. The Morgan fingerprint density at radius 2 is 2.12 bits per heavy atom. The number of hydrogen-bond acceptors (Lipinski definition) is 4. The molecular formula is C12H16N2OS. The molecule has 0 fully saturated rings. The van der Waals surface area contributed by atoms with E-state index in [2.05, 4.69) is 38.0 Å². The van der Waals surface area contributed by atoms with E-state index in [9.17, 15) is 0 Å². The van der Waals surface area contributed by atoms with Gasteiger partial charge < -0.3 is 9.73 Å². The molecule has 2 rings (SSSR count). The number of thiazole rings is 1. The highest BCUT2D eigenvalue weighted by atomic mass is 32.1. The van der Waals surface area contributed by atoms with E-state index >= 15 is 0 Å². The maximum atomic E-state index is 5.36. The van der Waals surface area contributed by atoms with Crippen molar-refractivity contribution >= 4 is 16.5 Å². The molecule has 0 unspecified atom stereocenters. The fourth-order valence-corrected chi connectivity index (χ4v) is 2.44. The van der Waals surface area contributed by atoms with Gasteiger partial charge in [0.1, 0.15) is 5.69 Å². The summed E-state index contributed by atoms with van der Waals surface area (Å²) in [7, 11) is 0. The van der Waals surface area contributed by atoms with E-state index in [-0.39, 0.29) is 5.54 Å². The minimum atomic E-state index is 0.0325. The highest BCUT2D eigenvalue weighted by Gasteiger charge is 2.16. The zero-order valence-corrected chi connectivity index (χ0v) is 10.8. The van der Waals surface area contributed by atoms with Crippen molar-refractivity contribution in [3.8, 4) is 11.5 Å². The van der Waals surface area contributed by atoms with Crippen molar-refractivity contribution < 1.29 is 4.42 Å². The predicted octanol–water partition coefficient (Wildman–Crippen LogP) is 3.92. The lowest BCUT2D eigenvalue weighted by molar-refractivity contribution is 0.580. The molecule has 3 nitrogen and oxygen atoms in total. The van der Waals surface area contributed by atoms with Crippen LogP contribution in [0.25, 0.3) is 11.5 Å². The second-order valence-electron chi connectivity index (χ2n) is 4.78. The highest BCUT2D eigenvalue weighted by molar-refractivity contribution is 7.16. The number of hydrogen-bond donors (Lipinski definition) is 1.